The van der Waals surface area contributed by atoms with Crippen LogP contribution in [0, 0.1) is 6.92 Å². The standard InChI is InChI=1S/C17H23NO2/c1-12-5-6-13(17(2,3)4)11-15(12)16(20)18-9-7-14(19)8-10-18/h5-6,11H,7-10H2,1-4H3. The fraction of sp³-hybridized carbons (Fsp3) is 0.529. The molecule has 1 saturated heterocycles. The van der Waals surface area contributed by atoms with Crippen molar-refractivity contribution in [3.05, 3.63) is 34.9 Å². The molecule has 20 heavy (non-hydrogen) atoms. The molecule has 1 aliphatic heterocycles. The molecule has 0 spiro atoms. The van der Waals surface area contributed by atoms with Crippen LogP contribution in [0.5, 0.6) is 0 Å². The van der Waals surface area contributed by atoms with Gasteiger partial charge in [-0.3, -0.25) is 9.59 Å². The van der Waals surface area contributed by atoms with Gasteiger partial charge in [0.2, 0.25) is 0 Å². The van der Waals surface area contributed by atoms with Crippen LogP contribution >= 0.6 is 0 Å². The Labute approximate surface area is 121 Å². The number of hydrogen-bond donors (Lipinski definition) is 0. The Hall–Kier alpha value is -1.64. The van der Waals surface area contributed by atoms with Crippen molar-refractivity contribution in [1.29, 1.82) is 0 Å². The Morgan fingerprint density at radius 3 is 2.30 bits per heavy atom. The number of benzene rings is 1. The predicted octanol–water partition coefficient (Wildman–Crippen LogP) is 3.10. The van der Waals surface area contributed by atoms with Gasteiger partial charge in [-0.05, 0) is 29.5 Å². The van der Waals surface area contributed by atoms with Gasteiger partial charge in [0, 0.05) is 31.5 Å². The smallest absolute Gasteiger partial charge is 0.254 e. The van der Waals surface area contributed by atoms with Gasteiger partial charge in [0.05, 0.1) is 0 Å². The second-order valence-electron chi connectivity index (χ2n) is 6.61. The topological polar surface area (TPSA) is 37.4 Å². The predicted molar refractivity (Wildman–Crippen MR) is 80.0 cm³/mol. The summed E-state index contributed by atoms with van der Waals surface area (Å²) in [4.78, 5) is 25.7. The summed E-state index contributed by atoms with van der Waals surface area (Å²) in [6.45, 7) is 9.50. The maximum Gasteiger partial charge on any atom is 0.254 e. The first-order chi connectivity index (χ1) is 9.29. The van der Waals surface area contributed by atoms with Gasteiger partial charge in [-0.2, -0.15) is 0 Å². The van der Waals surface area contributed by atoms with Gasteiger partial charge in [-0.15, -0.1) is 0 Å². The van der Waals surface area contributed by atoms with Gasteiger partial charge < -0.3 is 4.90 Å². The SMILES string of the molecule is Cc1ccc(C(C)(C)C)cc1C(=O)N1CCC(=O)CC1. The van der Waals surface area contributed by atoms with E-state index in [2.05, 4.69) is 26.8 Å². The van der Waals surface area contributed by atoms with E-state index in [9.17, 15) is 9.59 Å². The zero-order chi connectivity index (χ0) is 14.9. The minimum Gasteiger partial charge on any atom is -0.338 e. The van der Waals surface area contributed by atoms with Gasteiger partial charge in [-0.25, -0.2) is 0 Å². The second-order valence-corrected chi connectivity index (χ2v) is 6.61. The number of piperidine rings is 1. The summed E-state index contributed by atoms with van der Waals surface area (Å²) in [5.74, 6) is 0.315. The monoisotopic (exact) mass is 273 g/mol. The number of nitrogens with zero attached hydrogens (tertiary/aromatic N) is 1. The lowest BCUT2D eigenvalue weighted by molar-refractivity contribution is -0.120. The van der Waals surface area contributed by atoms with Crippen LogP contribution in [0.2, 0.25) is 0 Å². The highest BCUT2D eigenvalue weighted by Crippen LogP contribution is 2.25. The quantitative estimate of drug-likeness (QED) is 0.788. The molecule has 1 fully saturated rings. The lowest BCUT2D eigenvalue weighted by atomic mass is 9.85. The van der Waals surface area contributed by atoms with Gasteiger partial charge in [0.1, 0.15) is 5.78 Å². The van der Waals surface area contributed by atoms with E-state index in [0.717, 1.165) is 11.1 Å². The minimum atomic E-state index is 0.0284. The lowest BCUT2D eigenvalue weighted by Gasteiger charge is -2.27. The van der Waals surface area contributed by atoms with Gasteiger partial charge in [0.25, 0.3) is 5.91 Å². The highest BCUT2D eigenvalue weighted by molar-refractivity contribution is 5.97. The van der Waals surface area contributed by atoms with Crippen LogP contribution in [0.1, 0.15) is 55.1 Å². The zero-order valence-corrected chi connectivity index (χ0v) is 12.8. The third-order valence-electron chi connectivity index (χ3n) is 3.94. The fourth-order valence-electron chi connectivity index (χ4n) is 2.45. The number of amides is 1. The molecule has 0 aliphatic carbocycles. The molecular weight excluding hydrogens is 250 g/mol. The van der Waals surface area contributed by atoms with Crippen molar-refractivity contribution in [3.63, 3.8) is 0 Å². The number of aryl methyl sites for hydroxylation is 1. The van der Waals surface area contributed by atoms with Crippen LogP contribution in [-0.4, -0.2) is 29.7 Å². The number of carbonyl (C=O) groups is 2. The fourth-order valence-corrected chi connectivity index (χ4v) is 2.45. The number of Topliss-reactive ketones (excluding diaryl/α,β-unsaturated/α-hetero) is 1. The Balaban J connectivity index is 2.27. The van der Waals surface area contributed by atoms with Crippen molar-refractivity contribution >= 4 is 11.7 Å². The van der Waals surface area contributed by atoms with Crippen LogP contribution in [0.15, 0.2) is 18.2 Å². The van der Waals surface area contributed by atoms with E-state index in [1.165, 1.54) is 5.56 Å². The van der Waals surface area contributed by atoms with Crippen molar-refractivity contribution in [2.45, 2.75) is 46.0 Å². The van der Waals surface area contributed by atoms with Crippen LogP contribution < -0.4 is 0 Å². The number of carbonyl (C=O) groups excluding carboxylic acids is 2. The molecule has 0 unspecified atom stereocenters. The van der Waals surface area contributed by atoms with Crippen molar-refractivity contribution < 1.29 is 9.59 Å². The van der Waals surface area contributed by atoms with E-state index in [4.69, 9.17) is 0 Å². The third kappa shape index (κ3) is 3.09. The first-order valence-corrected chi connectivity index (χ1v) is 7.21. The summed E-state index contributed by atoms with van der Waals surface area (Å²) < 4.78 is 0. The van der Waals surface area contributed by atoms with E-state index in [1.54, 1.807) is 4.90 Å². The molecule has 0 radical (unpaired) electrons. The number of rotatable bonds is 1. The number of hydrogen-bond acceptors (Lipinski definition) is 2. The molecular formula is C17H23NO2. The van der Waals surface area contributed by atoms with Crippen LogP contribution in [-0.2, 0) is 10.2 Å². The summed E-state index contributed by atoms with van der Waals surface area (Å²) in [5.41, 5.74) is 2.96. The average Bonchev–Trinajstić information content (AvgIpc) is 2.38. The molecule has 0 bridgehead atoms. The highest BCUT2D eigenvalue weighted by Gasteiger charge is 2.24. The Kier molecular flexibility index (Phi) is 3.98. The molecule has 108 valence electrons. The molecule has 1 aromatic carbocycles. The summed E-state index contributed by atoms with van der Waals surface area (Å²) >= 11 is 0. The van der Waals surface area contributed by atoms with Crippen LogP contribution in [0.4, 0.5) is 0 Å². The average molecular weight is 273 g/mol. The van der Waals surface area contributed by atoms with Crippen molar-refractivity contribution in [3.8, 4) is 0 Å². The summed E-state index contributed by atoms with van der Waals surface area (Å²) in [6, 6.07) is 6.11. The minimum absolute atomic E-state index is 0.0284. The van der Waals surface area contributed by atoms with Gasteiger partial charge in [-0.1, -0.05) is 32.9 Å². The molecule has 1 heterocycles. The van der Waals surface area contributed by atoms with Gasteiger partial charge in [0.15, 0.2) is 0 Å². The molecule has 0 N–H and O–H groups in total. The Bertz CT molecular complexity index is 530. The van der Waals surface area contributed by atoms with E-state index in [0.29, 0.717) is 25.9 Å². The van der Waals surface area contributed by atoms with Crippen molar-refractivity contribution in [2.75, 3.05) is 13.1 Å². The summed E-state index contributed by atoms with van der Waals surface area (Å²) in [5, 5.41) is 0. The largest absolute Gasteiger partial charge is 0.338 e. The lowest BCUT2D eigenvalue weighted by Crippen LogP contribution is -2.39. The van der Waals surface area contributed by atoms with E-state index in [1.807, 2.05) is 19.1 Å². The van der Waals surface area contributed by atoms with E-state index in [-0.39, 0.29) is 17.1 Å². The molecule has 1 amide bonds. The molecule has 1 aromatic rings. The molecule has 3 nitrogen and oxygen atoms in total. The molecule has 0 saturated carbocycles. The summed E-state index contributed by atoms with van der Waals surface area (Å²) in [7, 11) is 0. The molecule has 0 atom stereocenters. The number of ketones is 1. The summed E-state index contributed by atoms with van der Waals surface area (Å²) in [6.07, 6.45) is 0.980. The van der Waals surface area contributed by atoms with Crippen LogP contribution in [0.3, 0.4) is 0 Å². The second kappa shape index (κ2) is 5.39. The molecule has 0 aromatic heterocycles. The van der Waals surface area contributed by atoms with Gasteiger partial charge >= 0.3 is 0 Å². The normalized spacial score (nSPS) is 16.4. The maximum absolute atomic E-state index is 12.6. The Morgan fingerprint density at radius 2 is 1.75 bits per heavy atom. The maximum atomic E-state index is 12.6. The molecule has 2 rings (SSSR count). The molecule has 1 aliphatic rings. The van der Waals surface area contributed by atoms with Crippen molar-refractivity contribution in [2.24, 2.45) is 0 Å². The first kappa shape index (κ1) is 14.8. The highest BCUT2D eigenvalue weighted by atomic mass is 16.2. The van der Waals surface area contributed by atoms with E-state index < -0.39 is 0 Å². The van der Waals surface area contributed by atoms with Crippen LogP contribution in [0.25, 0.3) is 0 Å². The Morgan fingerprint density at radius 1 is 1.15 bits per heavy atom. The van der Waals surface area contributed by atoms with E-state index >= 15 is 0 Å². The third-order valence-corrected chi connectivity index (χ3v) is 3.94. The first-order valence-electron chi connectivity index (χ1n) is 7.21. The molecule has 3 heteroatoms. The van der Waals surface area contributed by atoms with Crippen molar-refractivity contribution in [1.82, 2.24) is 4.90 Å². The number of likely N-dealkylation sites (tertiary alicyclic amines) is 1. The zero-order valence-electron chi connectivity index (χ0n) is 12.8.